The molecular formula is C18H20N2O5S2. The second-order valence-electron chi connectivity index (χ2n) is 6.15. The standard InChI is InChI=1S/C18H20N2O5S2/c1-14-4-6-15(7-5-14)27(23,24)20-10-8-19(9-11-20)17(21)13-25-18(22)16-3-2-12-26-16/h2-7,12H,8-11,13H2,1H3. The van der Waals surface area contributed by atoms with Gasteiger partial charge in [-0.3, -0.25) is 4.79 Å². The maximum Gasteiger partial charge on any atom is 0.348 e. The summed E-state index contributed by atoms with van der Waals surface area (Å²) in [5.41, 5.74) is 0.987. The van der Waals surface area contributed by atoms with Gasteiger partial charge in [0, 0.05) is 26.2 Å². The van der Waals surface area contributed by atoms with E-state index in [1.807, 2.05) is 6.92 Å². The molecule has 1 saturated heterocycles. The fourth-order valence-corrected chi connectivity index (χ4v) is 4.76. The quantitative estimate of drug-likeness (QED) is 0.704. The lowest BCUT2D eigenvalue weighted by Gasteiger charge is -2.33. The summed E-state index contributed by atoms with van der Waals surface area (Å²) in [6, 6.07) is 10.1. The first-order chi connectivity index (χ1) is 12.9. The van der Waals surface area contributed by atoms with Crippen molar-refractivity contribution in [1.82, 2.24) is 9.21 Å². The highest BCUT2D eigenvalue weighted by atomic mass is 32.2. The molecule has 0 N–H and O–H groups in total. The number of rotatable bonds is 5. The number of carbonyl (C=O) groups is 2. The monoisotopic (exact) mass is 408 g/mol. The van der Waals surface area contributed by atoms with Gasteiger partial charge in [0.25, 0.3) is 5.91 Å². The largest absolute Gasteiger partial charge is 0.451 e. The minimum absolute atomic E-state index is 0.209. The predicted octanol–water partition coefficient (Wildman–Crippen LogP) is 1.75. The Morgan fingerprint density at radius 3 is 2.33 bits per heavy atom. The number of aryl methyl sites for hydroxylation is 1. The highest BCUT2D eigenvalue weighted by Gasteiger charge is 2.30. The van der Waals surface area contributed by atoms with Crippen molar-refractivity contribution in [2.45, 2.75) is 11.8 Å². The fraction of sp³-hybridized carbons (Fsp3) is 0.333. The molecule has 0 aliphatic carbocycles. The van der Waals surface area contributed by atoms with Crippen LogP contribution in [-0.2, 0) is 19.6 Å². The van der Waals surface area contributed by atoms with Crippen molar-refractivity contribution in [3.63, 3.8) is 0 Å². The average Bonchev–Trinajstić information content (AvgIpc) is 3.21. The van der Waals surface area contributed by atoms with Gasteiger partial charge in [-0.1, -0.05) is 23.8 Å². The molecule has 0 saturated carbocycles. The molecule has 27 heavy (non-hydrogen) atoms. The van der Waals surface area contributed by atoms with E-state index in [1.54, 1.807) is 41.8 Å². The Hall–Kier alpha value is -2.23. The number of hydrogen-bond acceptors (Lipinski definition) is 6. The Morgan fingerprint density at radius 2 is 1.74 bits per heavy atom. The van der Waals surface area contributed by atoms with Crippen molar-refractivity contribution in [3.05, 3.63) is 52.2 Å². The van der Waals surface area contributed by atoms with Gasteiger partial charge in [0.15, 0.2) is 6.61 Å². The molecule has 0 unspecified atom stereocenters. The van der Waals surface area contributed by atoms with Crippen LogP contribution < -0.4 is 0 Å². The van der Waals surface area contributed by atoms with Gasteiger partial charge in [-0.05, 0) is 30.5 Å². The molecule has 0 atom stereocenters. The number of sulfonamides is 1. The summed E-state index contributed by atoms with van der Waals surface area (Å²) in [4.78, 5) is 26.2. The summed E-state index contributed by atoms with van der Waals surface area (Å²) in [6.07, 6.45) is 0. The summed E-state index contributed by atoms with van der Waals surface area (Å²) in [5.74, 6) is -0.855. The molecule has 2 aromatic rings. The van der Waals surface area contributed by atoms with Crippen molar-refractivity contribution in [1.29, 1.82) is 0 Å². The summed E-state index contributed by atoms with van der Waals surface area (Å²) < 4.78 is 31.8. The Morgan fingerprint density at radius 1 is 1.07 bits per heavy atom. The van der Waals surface area contributed by atoms with Crippen molar-refractivity contribution in [2.75, 3.05) is 32.8 Å². The topological polar surface area (TPSA) is 84.0 Å². The smallest absolute Gasteiger partial charge is 0.348 e. The summed E-state index contributed by atoms with van der Waals surface area (Å²) >= 11 is 1.25. The van der Waals surface area contributed by atoms with E-state index >= 15 is 0 Å². The lowest BCUT2D eigenvalue weighted by atomic mass is 10.2. The van der Waals surface area contributed by atoms with Crippen LogP contribution in [0.2, 0.25) is 0 Å². The zero-order chi connectivity index (χ0) is 19.4. The lowest BCUT2D eigenvalue weighted by Crippen LogP contribution is -2.51. The predicted molar refractivity (Wildman–Crippen MR) is 101 cm³/mol. The molecule has 1 aliphatic rings. The molecule has 0 bridgehead atoms. The molecule has 144 valence electrons. The van der Waals surface area contributed by atoms with E-state index in [9.17, 15) is 18.0 Å². The molecule has 1 aliphatic heterocycles. The SMILES string of the molecule is Cc1ccc(S(=O)(=O)N2CCN(C(=O)COC(=O)c3cccs3)CC2)cc1. The van der Waals surface area contributed by atoms with Crippen molar-refractivity contribution < 1.29 is 22.7 Å². The normalized spacial score (nSPS) is 15.5. The van der Waals surface area contributed by atoms with Gasteiger partial charge < -0.3 is 9.64 Å². The third-order valence-electron chi connectivity index (χ3n) is 4.30. The van der Waals surface area contributed by atoms with Crippen LogP contribution in [0.4, 0.5) is 0 Å². The van der Waals surface area contributed by atoms with Gasteiger partial charge in [-0.25, -0.2) is 13.2 Å². The van der Waals surface area contributed by atoms with Gasteiger partial charge in [0.2, 0.25) is 10.0 Å². The maximum absolute atomic E-state index is 12.7. The molecule has 1 aromatic carbocycles. The second kappa shape index (κ2) is 8.20. The average molecular weight is 409 g/mol. The van der Waals surface area contributed by atoms with Gasteiger partial charge in [0.05, 0.1) is 4.90 Å². The van der Waals surface area contributed by atoms with Crippen LogP contribution in [0.1, 0.15) is 15.2 Å². The zero-order valence-corrected chi connectivity index (χ0v) is 16.5. The summed E-state index contributed by atoms with van der Waals surface area (Å²) in [6.45, 7) is 2.50. The Bertz CT molecular complexity index is 900. The maximum atomic E-state index is 12.7. The molecular weight excluding hydrogens is 388 g/mol. The van der Waals surface area contributed by atoms with Crippen LogP contribution in [0.15, 0.2) is 46.7 Å². The minimum atomic E-state index is -3.57. The number of nitrogens with zero attached hydrogens (tertiary/aromatic N) is 2. The number of ether oxygens (including phenoxy) is 1. The van der Waals surface area contributed by atoms with Gasteiger partial charge in [-0.15, -0.1) is 11.3 Å². The first kappa shape index (κ1) is 19.5. The first-order valence-electron chi connectivity index (χ1n) is 8.43. The lowest BCUT2D eigenvalue weighted by molar-refractivity contribution is -0.135. The van der Waals surface area contributed by atoms with E-state index in [4.69, 9.17) is 4.74 Å². The van der Waals surface area contributed by atoms with Crippen LogP contribution >= 0.6 is 11.3 Å². The third kappa shape index (κ3) is 4.55. The van der Waals surface area contributed by atoms with E-state index in [0.717, 1.165) is 5.56 Å². The Kier molecular flexibility index (Phi) is 5.93. The van der Waals surface area contributed by atoms with Crippen molar-refractivity contribution in [2.24, 2.45) is 0 Å². The minimum Gasteiger partial charge on any atom is -0.451 e. The Balaban J connectivity index is 1.53. The number of carbonyl (C=O) groups excluding carboxylic acids is 2. The Labute approximate surface area is 162 Å². The van der Waals surface area contributed by atoms with Crippen molar-refractivity contribution >= 4 is 33.2 Å². The molecule has 1 fully saturated rings. The molecule has 9 heteroatoms. The van der Waals surface area contributed by atoms with Gasteiger partial charge >= 0.3 is 5.97 Å². The van der Waals surface area contributed by atoms with Crippen LogP contribution in [-0.4, -0.2) is 62.3 Å². The van der Waals surface area contributed by atoms with E-state index in [-0.39, 0.29) is 43.6 Å². The molecule has 1 amide bonds. The van der Waals surface area contributed by atoms with E-state index < -0.39 is 16.0 Å². The molecule has 1 aromatic heterocycles. The van der Waals surface area contributed by atoms with Crippen LogP contribution in [0.25, 0.3) is 0 Å². The van der Waals surface area contributed by atoms with Crippen molar-refractivity contribution in [3.8, 4) is 0 Å². The third-order valence-corrected chi connectivity index (χ3v) is 7.06. The molecule has 3 rings (SSSR count). The molecule has 0 spiro atoms. The number of benzene rings is 1. The van der Waals surface area contributed by atoms with Crippen LogP contribution in [0, 0.1) is 6.92 Å². The van der Waals surface area contributed by atoms with Crippen LogP contribution in [0.3, 0.4) is 0 Å². The van der Waals surface area contributed by atoms with E-state index in [2.05, 4.69) is 0 Å². The first-order valence-corrected chi connectivity index (χ1v) is 10.7. The number of amides is 1. The highest BCUT2D eigenvalue weighted by molar-refractivity contribution is 7.89. The number of esters is 1. The summed E-state index contributed by atoms with van der Waals surface area (Å²) in [7, 11) is -3.57. The van der Waals surface area contributed by atoms with E-state index in [1.165, 1.54) is 20.5 Å². The molecule has 0 radical (unpaired) electrons. The zero-order valence-electron chi connectivity index (χ0n) is 14.8. The second-order valence-corrected chi connectivity index (χ2v) is 9.04. The molecule has 2 heterocycles. The highest BCUT2D eigenvalue weighted by Crippen LogP contribution is 2.18. The number of thiophene rings is 1. The van der Waals surface area contributed by atoms with Crippen LogP contribution in [0.5, 0.6) is 0 Å². The van der Waals surface area contributed by atoms with Gasteiger partial charge in [-0.2, -0.15) is 4.31 Å². The van der Waals surface area contributed by atoms with Gasteiger partial charge in [0.1, 0.15) is 4.88 Å². The number of hydrogen-bond donors (Lipinski definition) is 0. The molecule has 7 nitrogen and oxygen atoms in total. The number of piperazine rings is 1. The summed E-state index contributed by atoms with van der Waals surface area (Å²) in [5, 5.41) is 1.76. The fourth-order valence-electron chi connectivity index (χ4n) is 2.72. The van der Waals surface area contributed by atoms with E-state index in [0.29, 0.717) is 4.88 Å².